The fourth-order valence-electron chi connectivity index (χ4n) is 1.76. The van der Waals surface area contributed by atoms with Crippen LogP contribution < -0.4 is 15.4 Å². The van der Waals surface area contributed by atoms with Crippen molar-refractivity contribution in [2.24, 2.45) is 5.73 Å². The van der Waals surface area contributed by atoms with Crippen molar-refractivity contribution >= 4 is 40.3 Å². The second-order valence-corrected chi connectivity index (χ2v) is 4.82. The van der Waals surface area contributed by atoms with Gasteiger partial charge in [-0.15, -0.1) is 0 Å². The average Bonchev–Trinajstić information content (AvgIpc) is 2.47. The largest absolute Gasteiger partial charge is 0.467 e. The fourth-order valence-corrected chi connectivity index (χ4v) is 2.16. The Bertz CT molecular complexity index is 650. The molecule has 0 fully saturated rings. The van der Waals surface area contributed by atoms with Gasteiger partial charge >= 0.3 is 6.01 Å². The van der Waals surface area contributed by atoms with Crippen LogP contribution >= 0.6 is 23.8 Å². The zero-order chi connectivity index (χ0) is 14.7. The maximum absolute atomic E-state index is 6.14. The van der Waals surface area contributed by atoms with Crippen molar-refractivity contribution in [1.82, 2.24) is 9.97 Å². The van der Waals surface area contributed by atoms with Crippen LogP contribution in [0.15, 0.2) is 30.5 Å². The van der Waals surface area contributed by atoms with Gasteiger partial charge in [0.2, 0.25) is 0 Å². The highest BCUT2D eigenvalue weighted by molar-refractivity contribution is 7.80. The van der Waals surface area contributed by atoms with Crippen molar-refractivity contribution in [2.75, 3.05) is 19.1 Å². The molecule has 5 nitrogen and oxygen atoms in total. The molecular weight excluding hydrogens is 296 g/mol. The standard InChI is InChI=1S/C13H13ClN4OS/c1-18(10-6-4-3-5-8(10)11(15)20)12-9(14)7-16-13(17-12)19-2/h3-7H,1-2H3,(H2,15,20). The van der Waals surface area contributed by atoms with Gasteiger partial charge in [-0.1, -0.05) is 36.0 Å². The van der Waals surface area contributed by atoms with E-state index < -0.39 is 0 Å². The summed E-state index contributed by atoms with van der Waals surface area (Å²) < 4.78 is 5.02. The van der Waals surface area contributed by atoms with E-state index in [4.69, 9.17) is 34.3 Å². The summed E-state index contributed by atoms with van der Waals surface area (Å²) in [5.74, 6) is 0.516. The number of ether oxygens (including phenoxy) is 1. The lowest BCUT2D eigenvalue weighted by Gasteiger charge is -2.22. The number of para-hydroxylation sites is 1. The first-order valence-electron chi connectivity index (χ1n) is 5.73. The molecule has 7 heteroatoms. The van der Waals surface area contributed by atoms with E-state index in [0.717, 1.165) is 11.3 Å². The molecule has 2 N–H and O–H groups in total. The molecule has 104 valence electrons. The maximum Gasteiger partial charge on any atom is 0.318 e. The van der Waals surface area contributed by atoms with Crippen molar-refractivity contribution in [3.05, 3.63) is 41.0 Å². The molecule has 0 unspecified atom stereocenters. The number of benzene rings is 1. The highest BCUT2D eigenvalue weighted by atomic mass is 35.5. The van der Waals surface area contributed by atoms with Crippen LogP contribution in [0, 0.1) is 0 Å². The third-order valence-corrected chi connectivity index (χ3v) is 3.22. The summed E-state index contributed by atoms with van der Waals surface area (Å²) in [5, 5.41) is 0.408. The molecule has 1 heterocycles. The van der Waals surface area contributed by atoms with E-state index in [-0.39, 0.29) is 6.01 Å². The summed E-state index contributed by atoms with van der Waals surface area (Å²) in [6.45, 7) is 0. The second kappa shape index (κ2) is 6.02. The Morgan fingerprint density at radius 1 is 1.40 bits per heavy atom. The van der Waals surface area contributed by atoms with Gasteiger partial charge < -0.3 is 15.4 Å². The van der Waals surface area contributed by atoms with Crippen LogP contribution in [0.3, 0.4) is 0 Å². The Morgan fingerprint density at radius 3 is 2.75 bits per heavy atom. The molecule has 1 aromatic carbocycles. The molecule has 0 saturated heterocycles. The van der Waals surface area contributed by atoms with E-state index in [9.17, 15) is 0 Å². The number of nitrogens with zero attached hydrogens (tertiary/aromatic N) is 3. The molecule has 0 amide bonds. The molecule has 2 aromatic rings. The summed E-state index contributed by atoms with van der Waals surface area (Å²) in [6.07, 6.45) is 1.49. The number of rotatable bonds is 4. The lowest BCUT2D eigenvalue weighted by Crippen LogP contribution is -2.19. The van der Waals surface area contributed by atoms with Crippen molar-refractivity contribution in [2.45, 2.75) is 0 Å². The Labute approximate surface area is 127 Å². The molecule has 0 saturated carbocycles. The van der Waals surface area contributed by atoms with Crippen LogP contribution in [0.2, 0.25) is 5.02 Å². The van der Waals surface area contributed by atoms with Crippen LogP contribution in [-0.4, -0.2) is 29.1 Å². The number of nitrogens with two attached hydrogens (primary N) is 1. The van der Waals surface area contributed by atoms with Gasteiger partial charge in [0.25, 0.3) is 0 Å². The van der Waals surface area contributed by atoms with Crippen molar-refractivity contribution < 1.29 is 4.74 Å². The highest BCUT2D eigenvalue weighted by Crippen LogP contribution is 2.31. The number of anilines is 2. The monoisotopic (exact) mass is 308 g/mol. The molecular formula is C13H13ClN4OS. The zero-order valence-electron chi connectivity index (χ0n) is 11.0. The Kier molecular flexibility index (Phi) is 4.36. The van der Waals surface area contributed by atoms with Gasteiger partial charge in [0.05, 0.1) is 19.0 Å². The highest BCUT2D eigenvalue weighted by Gasteiger charge is 2.16. The Hall–Kier alpha value is -1.92. The number of methoxy groups -OCH3 is 1. The van der Waals surface area contributed by atoms with Crippen LogP contribution in [0.4, 0.5) is 11.5 Å². The van der Waals surface area contributed by atoms with Crippen molar-refractivity contribution in [3.8, 4) is 6.01 Å². The minimum absolute atomic E-state index is 0.240. The maximum atomic E-state index is 6.14. The predicted octanol–water partition coefficient (Wildman–Crippen LogP) is 2.54. The molecule has 0 aliphatic rings. The van der Waals surface area contributed by atoms with Crippen molar-refractivity contribution in [1.29, 1.82) is 0 Å². The third-order valence-electron chi connectivity index (χ3n) is 2.73. The minimum atomic E-state index is 0.240. The van der Waals surface area contributed by atoms with Gasteiger partial charge in [0.1, 0.15) is 10.0 Å². The molecule has 0 bridgehead atoms. The second-order valence-electron chi connectivity index (χ2n) is 3.97. The summed E-state index contributed by atoms with van der Waals surface area (Å²) in [5.41, 5.74) is 7.30. The van der Waals surface area contributed by atoms with E-state index >= 15 is 0 Å². The lowest BCUT2D eigenvalue weighted by atomic mass is 10.1. The van der Waals surface area contributed by atoms with Crippen LogP contribution in [0.5, 0.6) is 6.01 Å². The van der Waals surface area contributed by atoms with Gasteiger partial charge in [-0.25, -0.2) is 4.98 Å². The molecule has 0 spiro atoms. The molecule has 0 aliphatic carbocycles. The van der Waals surface area contributed by atoms with Gasteiger partial charge in [0.15, 0.2) is 5.82 Å². The number of halogens is 1. The normalized spacial score (nSPS) is 10.2. The topological polar surface area (TPSA) is 64.3 Å². The average molecular weight is 309 g/mol. The zero-order valence-corrected chi connectivity index (χ0v) is 12.6. The molecule has 0 aliphatic heterocycles. The summed E-state index contributed by atoms with van der Waals surface area (Å²) >= 11 is 11.2. The number of aromatic nitrogens is 2. The SMILES string of the molecule is COc1ncc(Cl)c(N(C)c2ccccc2C(N)=S)n1. The van der Waals surface area contributed by atoms with E-state index in [0.29, 0.717) is 15.8 Å². The van der Waals surface area contributed by atoms with Crippen LogP contribution in [-0.2, 0) is 0 Å². The van der Waals surface area contributed by atoms with Crippen molar-refractivity contribution in [3.63, 3.8) is 0 Å². The number of hydrogen-bond donors (Lipinski definition) is 1. The van der Waals surface area contributed by atoms with Gasteiger partial charge in [-0.3, -0.25) is 0 Å². The molecule has 2 rings (SSSR count). The molecule has 20 heavy (non-hydrogen) atoms. The molecule has 0 atom stereocenters. The van der Waals surface area contributed by atoms with E-state index in [2.05, 4.69) is 9.97 Å². The molecule has 0 radical (unpaired) electrons. The minimum Gasteiger partial charge on any atom is -0.467 e. The first-order valence-corrected chi connectivity index (χ1v) is 6.52. The van der Waals surface area contributed by atoms with Gasteiger partial charge in [0, 0.05) is 12.6 Å². The number of thiocarbonyl (C=S) groups is 1. The Morgan fingerprint density at radius 2 is 2.10 bits per heavy atom. The third kappa shape index (κ3) is 2.81. The van der Waals surface area contributed by atoms with Crippen LogP contribution in [0.25, 0.3) is 0 Å². The molecule has 1 aromatic heterocycles. The lowest BCUT2D eigenvalue weighted by molar-refractivity contribution is 0.380. The van der Waals surface area contributed by atoms with Crippen LogP contribution in [0.1, 0.15) is 5.56 Å². The summed E-state index contributed by atoms with van der Waals surface area (Å²) in [4.78, 5) is 10.3. The quantitative estimate of drug-likeness (QED) is 0.876. The predicted molar refractivity (Wildman–Crippen MR) is 84.0 cm³/mol. The van der Waals surface area contributed by atoms with E-state index in [1.807, 2.05) is 31.3 Å². The van der Waals surface area contributed by atoms with Gasteiger partial charge in [-0.2, -0.15) is 4.98 Å². The summed E-state index contributed by atoms with van der Waals surface area (Å²) in [6, 6.07) is 7.73. The summed E-state index contributed by atoms with van der Waals surface area (Å²) in [7, 11) is 3.32. The fraction of sp³-hybridized carbons (Fsp3) is 0.154. The van der Waals surface area contributed by atoms with Gasteiger partial charge in [-0.05, 0) is 12.1 Å². The first-order chi connectivity index (χ1) is 9.54. The van der Waals surface area contributed by atoms with E-state index in [1.54, 1.807) is 4.90 Å². The Balaban J connectivity index is 2.51. The number of hydrogen-bond acceptors (Lipinski definition) is 5. The smallest absolute Gasteiger partial charge is 0.318 e. The van der Waals surface area contributed by atoms with E-state index in [1.165, 1.54) is 13.3 Å². The first kappa shape index (κ1) is 14.5.